The van der Waals surface area contributed by atoms with Crippen molar-refractivity contribution in [2.24, 2.45) is 0 Å². The third-order valence-corrected chi connectivity index (χ3v) is 4.43. The lowest BCUT2D eigenvalue weighted by Crippen LogP contribution is -2.42. The van der Waals surface area contributed by atoms with E-state index in [2.05, 4.69) is 6.58 Å². The molecule has 1 saturated heterocycles. The quantitative estimate of drug-likeness (QED) is 0.777. The zero-order valence-electron chi connectivity index (χ0n) is 13.5. The minimum absolute atomic E-state index is 0.0439. The second kappa shape index (κ2) is 7.65. The van der Waals surface area contributed by atoms with Gasteiger partial charge in [0.25, 0.3) is 5.91 Å². The topological polar surface area (TPSA) is 29.5 Å². The van der Waals surface area contributed by atoms with E-state index in [1.54, 1.807) is 0 Å². The van der Waals surface area contributed by atoms with Gasteiger partial charge in [-0.25, -0.2) is 0 Å². The van der Waals surface area contributed by atoms with Crippen molar-refractivity contribution in [3.63, 3.8) is 0 Å². The highest BCUT2D eigenvalue weighted by atomic mass is 35.5. The van der Waals surface area contributed by atoms with Gasteiger partial charge in [-0.3, -0.25) is 4.79 Å². The van der Waals surface area contributed by atoms with Gasteiger partial charge in [0.05, 0.1) is 13.2 Å². The van der Waals surface area contributed by atoms with Gasteiger partial charge < -0.3 is 9.64 Å². The molecule has 1 aliphatic heterocycles. The van der Waals surface area contributed by atoms with Crippen molar-refractivity contribution in [3.05, 3.63) is 82.9 Å². The van der Waals surface area contributed by atoms with Crippen molar-refractivity contribution in [2.45, 2.75) is 12.5 Å². The molecule has 1 heterocycles. The van der Waals surface area contributed by atoms with Gasteiger partial charge in [0.15, 0.2) is 0 Å². The van der Waals surface area contributed by atoms with Crippen LogP contribution in [0.25, 0.3) is 0 Å². The lowest BCUT2D eigenvalue weighted by atomic mass is 10.1. The zero-order chi connectivity index (χ0) is 16.9. The number of hydrogen-bond donors (Lipinski definition) is 0. The molecule has 24 heavy (non-hydrogen) atoms. The molecule has 2 aromatic carbocycles. The molecule has 0 aliphatic carbocycles. The first-order valence-electron chi connectivity index (χ1n) is 8.03. The summed E-state index contributed by atoms with van der Waals surface area (Å²) in [5.41, 5.74) is 2.90. The number of morpholine rings is 1. The zero-order valence-corrected chi connectivity index (χ0v) is 14.2. The van der Waals surface area contributed by atoms with Crippen molar-refractivity contribution < 1.29 is 9.53 Å². The van der Waals surface area contributed by atoms with Crippen molar-refractivity contribution in [2.75, 3.05) is 19.7 Å². The monoisotopic (exact) mass is 341 g/mol. The molecule has 0 aromatic heterocycles. The Morgan fingerprint density at radius 3 is 2.58 bits per heavy atom. The molecule has 3 rings (SSSR count). The summed E-state index contributed by atoms with van der Waals surface area (Å²) in [5.74, 6) is 0.0439. The van der Waals surface area contributed by atoms with Crippen LogP contribution in [0, 0.1) is 0 Å². The molecule has 1 aliphatic rings. The summed E-state index contributed by atoms with van der Waals surface area (Å²) in [6.07, 6.45) is 2.56. The number of ether oxygens (including phenoxy) is 1. The van der Waals surface area contributed by atoms with Gasteiger partial charge in [-0.15, -0.1) is 6.58 Å². The van der Waals surface area contributed by atoms with Gasteiger partial charge in [-0.1, -0.05) is 41.9 Å². The molecule has 0 bridgehead atoms. The van der Waals surface area contributed by atoms with E-state index in [1.165, 1.54) is 0 Å². The van der Waals surface area contributed by atoms with Gasteiger partial charge >= 0.3 is 0 Å². The average molecular weight is 342 g/mol. The first-order valence-corrected chi connectivity index (χ1v) is 8.41. The smallest absolute Gasteiger partial charge is 0.254 e. The second-order valence-corrected chi connectivity index (χ2v) is 6.29. The van der Waals surface area contributed by atoms with Gasteiger partial charge in [0.1, 0.15) is 6.10 Å². The molecule has 1 fully saturated rings. The fraction of sp³-hybridized carbons (Fsp3) is 0.250. The first-order chi connectivity index (χ1) is 11.7. The third kappa shape index (κ3) is 3.86. The van der Waals surface area contributed by atoms with Crippen molar-refractivity contribution in [1.29, 1.82) is 0 Å². The van der Waals surface area contributed by atoms with Crippen molar-refractivity contribution in [3.8, 4) is 0 Å². The first kappa shape index (κ1) is 16.7. The molecule has 1 atom stereocenters. The summed E-state index contributed by atoms with van der Waals surface area (Å²) in [6.45, 7) is 5.43. The van der Waals surface area contributed by atoms with Crippen LogP contribution in [0.15, 0.2) is 61.2 Å². The Labute approximate surface area is 147 Å². The Morgan fingerprint density at radius 2 is 1.92 bits per heavy atom. The van der Waals surface area contributed by atoms with E-state index in [1.807, 2.05) is 59.5 Å². The number of carbonyl (C=O) groups is 1. The summed E-state index contributed by atoms with van der Waals surface area (Å²) < 4.78 is 5.82. The van der Waals surface area contributed by atoms with Gasteiger partial charge in [0, 0.05) is 17.1 Å². The number of benzene rings is 2. The molecule has 2 aromatic rings. The van der Waals surface area contributed by atoms with Gasteiger partial charge in [-0.2, -0.15) is 0 Å². The molecule has 0 N–H and O–H groups in total. The molecule has 124 valence electrons. The summed E-state index contributed by atoms with van der Waals surface area (Å²) in [5, 5.41) is 0.696. The van der Waals surface area contributed by atoms with Crippen LogP contribution >= 0.6 is 11.6 Å². The van der Waals surface area contributed by atoms with E-state index >= 15 is 0 Å². The lowest BCUT2D eigenvalue weighted by Gasteiger charge is -2.33. The Balaban J connectivity index is 1.70. The van der Waals surface area contributed by atoms with Crippen molar-refractivity contribution in [1.82, 2.24) is 4.90 Å². The van der Waals surface area contributed by atoms with Crippen LogP contribution in [0.5, 0.6) is 0 Å². The van der Waals surface area contributed by atoms with E-state index in [-0.39, 0.29) is 12.0 Å². The predicted octanol–water partition coefficient (Wildman–Crippen LogP) is 4.28. The van der Waals surface area contributed by atoms with Crippen LogP contribution in [0.3, 0.4) is 0 Å². The predicted molar refractivity (Wildman–Crippen MR) is 96.4 cm³/mol. The molecule has 0 saturated carbocycles. The summed E-state index contributed by atoms with van der Waals surface area (Å²) >= 11 is 5.93. The number of allylic oxidation sites excluding steroid dienone is 1. The minimum Gasteiger partial charge on any atom is -0.370 e. The summed E-state index contributed by atoms with van der Waals surface area (Å²) in [6, 6.07) is 15.3. The van der Waals surface area contributed by atoms with Gasteiger partial charge in [-0.05, 0) is 41.8 Å². The van der Waals surface area contributed by atoms with Crippen LogP contribution in [0.4, 0.5) is 0 Å². The van der Waals surface area contributed by atoms with Gasteiger partial charge in [0.2, 0.25) is 0 Å². The van der Waals surface area contributed by atoms with E-state index in [0.29, 0.717) is 30.3 Å². The fourth-order valence-electron chi connectivity index (χ4n) is 2.85. The number of halogens is 1. The number of rotatable bonds is 4. The van der Waals surface area contributed by atoms with E-state index in [9.17, 15) is 4.79 Å². The van der Waals surface area contributed by atoms with E-state index in [4.69, 9.17) is 16.3 Å². The molecule has 0 radical (unpaired) electrons. The van der Waals surface area contributed by atoms with Crippen LogP contribution < -0.4 is 0 Å². The van der Waals surface area contributed by atoms with E-state index < -0.39 is 0 Å². The molecule has 4 heteroatoms. The van der Waals surface area contributed by atoms with Crippen LogP contribution in [-0.4, -0.2) is 30.5 Å². The SMILES string of the molecule is C=CCc1ccc(C(=O)N2CCO[C@H](c3ccc(Cl)cc3)C2)cc1. The highest BCUT2D eigenvalue weighted by Crippen LogP contribution is 2.24. The number of amides is 1. The molecule has 0 unspecified atom stereocenters. The van der Waals surface area contributed by atoms with Crippen LogP contribution in [-0.2, 0) is 11.2 Å². The standard InChI is InChI=1S/C20H20ClNO2/c1-2-3-15-4-6-17(7-5-15)20(23)22-12-13-24-19(14-22)16-8-10-18(21)11-9-16/h2,4-11,19H,1,3,12-14H2/t19-/m0/s1. The molecule has 0 spiro atoms. The number of carbonyl (C=O) groups excluding carboxylic acids is 1. The average Bonchev–Trinajstić information content (AvgIpc) is 2.63. The van der Waals surface area contributed by atoms with Crippen molar-refractivity contribution >= 4 is 17.5 Å². The normalized spacial score (nSPS) is 17.5. The Hall–Kier alpha value is -2.10. The summed E-state index contributed by atoms with van der Waals surface area (Å²) in [4.78, 5) is 14.6. The van der Waals surface area contributed by atoms with Crippen LogP contribution in [0.2, 0.25) is 5.02 Å². The van der Waals surface area contributed by atoms with Crippen LogP contribution in [0.1, 0.15) is 27.6 Å². The summed E-state index contributed by atoms with van der Waals surface area (Å²) in [7, 11) is 0. The minimum atomic E-state index is -0.111. The molecule has 3 nitrogen and oxygen atoms in total. The lowest BCUT2D eigenvalue weighted by molar-refractivity contribution is -0.0228. The Bertz CT molecular complexity index is 709. The highest BCUT2D eigenvalue weighted by Gasteiger charge is 2.26. The molecular formula is C20H20ClNO2. The highest BCUT2D eigenvalue weighted by molar-refractivity contribution is 6.30. The largest absolute Gasteiger partial charge is 0.370 e. The Morgan fingerprint density at radius 1 is 1.21 bits per heavy atom. The molecule has 1 amide bonds. The maximum Gasteiger partial charge on any atom is 0.254 e. The Kier molecular flexibility index (Phi) is 5.34. The maximum atomic E-state index is 12.7. The maximum absolute atomic E-state index is 12.7. The second-order valence-electron chi connectivity index (χ2n) is 5.85. The number of hydrogen-bond acceptors (Lipinski definition) is 2. The third-order valence-electron chi connectivity index (χ3n) is 4.18. The fourth-order valence-corrected chi connectivity index (χ4v) is 2.97. The van der Waals surface area contributed by atoms with E-state index in [0.717, 1.165) is 17.5 Å². The molecular weight excluding hydrogens is 322 g/mol. The number of nitrogens with zero attached hydrogens (tertiary/aromatic N) is 1.